The molecule has 1 atom stereocenters. The number of hydrogen-bond acceptors (Lipinski definition) is 4. The van der Waals surface area contributed by atoms with E-state index in [0.29, 0.717) is 18.1 Å². The van der Waals surface area contributed by atoms with Gasteiger partial charge in [0.1, 0.15) is 5.56 Å². The molecule has 0 saturated heterocycles. The highest BCUT2D eigenvalue weighted by molar-refractivity contribution is 7.10. The number of nitrogens with one attached hydrogen (secondary N) is 1. The monoisotopic (exact) mass is 366 g/mol. The Labute approximate surface area is 157 Å². The molecule has 0 bridgehead atoms. The van der Waals surface area contributed by atoms with Crippen molar-refractivity contribution in [2.45, 2.75) is 26.3 Å². The number of nitrogens with zero attached hydrogens (tertiary/aromatic N) is 1. The van der Waals surface area contributed by atoms with Crippen LogP contribution in [-0.4, -0.2) is 17.5 Å². The van der Waals surface area contributed by atoms with Crippen LogP contribution in [0.2, 0.25) is 0 Å². The molecular weight excluding hydrogens is 344 g/mol. The van der Waals surface area contributed by atoms with Crippen molar-refractivity contribution in [3.63, 3.8) is 0 Å². The van der Waals surface area contributed by atoms with Crippen LogP contribution in [0.3, 0.4) is 0 Å². The van der Waals surface area contributed by atoms with E-state index < -0.39 is 0 Å². The lowest BCUT2D eigenvalue weighted by Crippen LogP contribution is -2.29. The van der Waals surface area contributed by atoms with Crippen LogP contribution in [-0.2, 0) is 6.42 Å². The summed E-state index contributed by atoms with van der Waals surface area (Å²) in [4.78, 5) is 18.2. The lowest BCUT2D eigenvalue weighted by atomic mass is 10.0. The van der Waals surface area contributed by atoms with E-state index in [1.54, 1.807) is 29.7 Å². The first kappa shape index (κ1) is 18.1. The van der Waals surface area contributed by atoms with E-state index in [9.17, 15) is 4.79 Å². The SMILES string of the molecule is CCOc1ncccc1C(=O)N[C@H](c1ccc(CC)cc1)c1cccs1. The number of amides is 1. The average molecular weight is 366 g/mol. The van der Waals surface area contributed by atoms with Gasteiger partial charge in [0, 0.05) is 11.1 Å². The molecule has 3 aromatic rings. The molecule has 0 spiro atoms. The topological polar surface area (TPSA) is 51.2 Å². The van der Waals surface area contributed by atoms with Gasteiger partial charge in [0.05, 0.1) is 12.6 Å². The maximum absolute atomic E-state index is 12.9. The van der Waals surface area contributed by atoms with Crippen LogP contribution in [0.25, 0.3) is 0 Å². The summed E-state index contributed by atoms with van der Waals surface area (Å²) in [5, 5.41) is 5.16. The van der Waals surface area contributed by atoms with Crippen molar-refractivity contribution in [2.75, 3.05) is 6.61 Å². The predicted octanol–water partition coefficient (Wildman–Crippen LogP) is 4.62. The number of carbonyl (C=O) groups is 1. The fourth-order valence-corrected chi connectivity index (χ4v) is 3.55. The Balaban J connectivity index is 1.90. The van der Waals surface area contributed by atoms with Crippen LogP contribution in [0, 0.1) is 0 Å². The van der Waals surface area contributed by atoms with Gasteiger partial charge in [0.2, 0.25) is 5.88 Å². The minimum absolute atomic E-state index is 0.195. The van der Waals surface area contributed by atoms with E-state index in [2.05, 4.69) is 41.5 Å². The Morgan fingerprint density at radius 2 is 1.96 bits per heavy atom. The van der Waals surface area contributed by atoms with E-state index >= 15 is 0 Å². The number of pyridine rings is 1. The average Bonchev–Trinajstić information content (AvgIpc) is 3.21. The lowest BCUT2D eigenvalue weighted by molar-refractivity contribution is 0.0939. The third-order valence-electron chi connectivity index (χ3n) is 4.12. The van der Waals surface area contributed by atoms with Gasteiger partial charge in [0.25, 0.3) is 5.91 Å². The van der Waals surface area contributed by atoms with Gasteiger partial charge in [0.15, 0.2) is 0 Å². The molecule has 4 nitrogen and oxygen atoms in total. The second-order valence-corrected chi connectivity index (χ2v) is 6.79. The first-order valence-electron chi connectivity index (χ1n) is 8.73. The third-order valence-corrected chi connectivity index (χ3v) is 5.06. The van der Waals surface area contributed by atoms with Crippen molar-refractivity contribution in [2.24, 2.45) is 0 Å². The summed E-state index contributed by atoms with van der Waals surface area (Å²) in [6.45, 7) is 4.47. The van der Waals surface area contributed by atoms with Crippen LogP contribution in [0.1, 0.15) is 46.3 Å². The highest BCUT2D eigenvalue weighted by Crippen LogP contribution is 2.27. The quantitative estimate of drug-likeness (QED) is 0.664. The van der Waals surface area contributed by atoms with Gasteiger partial charge in [-0.3, -0.25) is 4.79 Å². The third kappa shape index (κ3) is 4.11. The fraction of sp³-hybridized carbons (Fsp3) is 0.238. The number of hydrogen-bond donors (Lipinski definition) is 1. The summed E-state index contributed by atoms with van der Waals surface area (Å²) in [5.41, 5.74) is 2.77. The van der Waals surface area contributed by atoms with Crippen LogP contribution in [0.5, 0.6) is 5.88 Å². The van der Waals surface area contributed by atoms with Gasteiger partial charge in [-0.1, -0.05) is 37.3 Å². The Hall–Kier alpha value is -2.66. The van der Waals surface area contributed by atoms with Crippen molar-refractivity contribution < 1.29 is 9.53 Å². The minimum atomic E-state index is -0.205. The molecule has 134 valence electrons. The smallest absolute Gasteiger partial charge is 0.257 e. The molecule has 0 aliphatic rings. The van der Waals surface area contributed by atoms with Crippen molar-refractivity contribution in [1.82, 2.24) is 10.3 Å². The summed E-state index contributed by atoms with van der Waals surface area (Å²) in [5.74, 6) is 0.165. The Bertz CT molecular complexity index is 845. The molecule has 26 heavy (non-hydrogen) atoms. The lowest BCUT2D eigenvalue weighted by Gasteiger charge is -2.19. The van der Waals surface area contributed by atoms with Crippen LogP contribution in [0.4, 0.5) is 0 Å². The molecule has 1 N–H and O–H groups in total. The molecule has 1 aromatic carbocycles. The van der Waals surface area contributed by atoms with E-state index in [1.165, 1.54) is 5.56 Å². The zero-order chi connectivity index (χ0) is 18.4. The van der Waals surface area contributed by atoms with E-state index in [-0.39, 0.29) is 11.9 Å². The van der Waals surface area contributed by atoms with Gasteiger partial charge in [-0.25, -0.2) is 4.98 Å². The minimum Gasteiger partial charge on any atom is -0.477 e. The number of aromatic nitrogens is 1. The molecule has 2 aromatic heterocycles. The molecule has 0 fully saturated rings. The normalized spacial score (nSPS) is 11.8. The molecular formula is C21H22N2O2S. The first-order valence-corrected chi connectivity index (χ1v) is 9.61. The van der Waals surface area contributed by atoms with Crippen LogP contribution >= 0.6 is 11.3 Å². The van der Waals surface area contributed by atoms with Gasteiger partial charge in [-0.15, -0.1) is 11.3 Å². The number of ether oxygens (including phenoxy) is 1. The van der Waals surface area contributed by atoms with Gasteiger partial charge in [-0.05, 0) is 48.1 Å². The number of aryl methyl sites for hydroxylation is 1. The maximum atomic E-state index is 12.9. The van der Waals surface area contributed by atoms with Gasteiger partial charge >= 0.3 is 0 Å². The molecule has 0 radical (unpaired) electrons. The molecule has 0 unspecified atom stereocenters. The summed E-state index contributed by atoms with van der Waals surface area (Å²) < 4.78 is 5.50. The Morgan fingerprint density at radius 1 is 1.15 bits per heavy atom. The van der Waals surface area contributed by atoms with Crippen LogP contribution < -0.4 is 10.1 Å². The molecule has 0 aliphatic heterocycles. The molecule has 1 amide bonds. The summed E-state index contributed by atoms with van der Waals surface area (Å²) >= 11 is 1.63. The summed E-state index contributed by atoms with van der Waals surface area (Å²) in [6.07, 6.45) is 2.62. The second kappa shape index (κ2) is 8.63. The molecule has 0 aliphatic carbocycles. The zero-order valence-electron chi connectivity index (χ0n) is 14.9. The first-order chi connectivity index (χ1) is 12.7. The van der Waals surface area contributed by atoms with E-state index in [1.807, 2.05) is 24.4 Å². The highest BCUT2D eigenvalue weighted by atomic mass is 32.1. The van der Waals surface area contributed by atoms with Gasteiger partial charge in [-0.2, -0.15) is 0 Å². The predicted molar refractivity (Wildman–Crippen MR) is 105 cm³/mol. The molecule has 5 heteroatoms. The van der Waals surface area contributed by atoms with Crippen molar-refractivity contribution in [3.05, 3.63) is 81.7 Å². The number of thiophene rings is 1. The second-order valence-electron chi connectivity index (χ2n) is 5.81. The standard InChI is InChI=1S/C21H22N2O2S/c1-3-15-9-11-16(12-10-15)19(18-8-6-14-26-18)23-20(24)17-7-5-13-22-21(17)25-4-2/h5-14,19H,3-4H2,1-2H3,(H,23,24)/t19-/m1/s1. The highest BCUT2D eigenvalue weighted by Gasteiger charge is 2.21. The number of carbonyl (C=O) groups excluding carboxylic acids is 1. The summed E-state index contributed by atoms with van der Waals surface area (Å²) in [6, 6.07) is 15.7. The van der Waals surface area contributed by atoms with Crippen molar-refractivity contribution >= 4 is 17.2 Å². The van der Waals surface area contributed by atoms with E-state index in [0.717, 1.165) is 16.9 Å². The van der Waals surface area contributed by atoms with Gasteiger partial charge < -0.3 is 10.1 Å². The van der Waals surface area contributed by atoms with Crippen molar-refractivity contribution in [1.29, 1.82) is 0 Å². The zero-order valence-corrected chi connectivity index (χ0v) is 15.8. The summed E-state index contributed by atoms with van der Waals surface area (Å²) in [7, 11) is 0. The van der Waals surface area contributed by atoms with Crippen LogP contribution in [0.15, 0.2) is 60.1 Å². The fourth-order valence-electron chi connectivity index (χ4n) is 2.74. The largest absolute Gasteiger partial charge is 0.477 e. The van der Waals surface area contributed by atoms with Crippen molar-refractivity contribution in [3.8, 4) is 5.88 Å². The maximum Gasteiger partial charge on any atom is 0.257 e. The molecule has 0 saturated carbocycles. The van der Waals surface area contributed by atoms with E-state index in [4.69, 9.17) is 4.74 Å². The Kier molecular flexibility index (Phi) is 6.02. The number of rotatable bonds is 7. The molecule has 3 rings (SSSR count). The molecule has 2 heterocycles. The Morgan fingerprint density at radius 3 is 2.62 bits per heavy atom. The number of benzene rings is 1.